The molecule has 0 radical (unpaired) electrons. The molecule has 3 heteroatoms. The van der Waals surface area contributed by atoms with Gasteiger partial charge in [-0.2, -0.15) is 0 Å². The Morgan fingerprint density at radius 3 is 2.72 bits per heavy atom. The fraction of sp³-hybridized carbons (Fsp3) is 0.667. The number of aryl methyl sites for hydroxylation is 1. The number of unbranched alkanes of at least 4 members (excludes halogenated alkanes) is 3. The summed E-state index contributed by atoms with van der Waals surface area (Å²) in [5, 5.41) is 0. The summed E-state index contributed by atoms with van der Waals surface area (Å²) >= 11 is 1.69. The maximum absolute atomic E-state index is 12.2. The first-order valence-electron chi connectivity index (χ1n) is 7.19. The quantitative estimate of drug-likeness (QED) is 0.709. The molecule has 18 heavy (non-hydrogen) atoms. The molecule has 1 aromatic heterocycles. The van der Waals surface area contributed by atoms with Gasteiger partial charge in [-0.25, -0.2) is 0 Å². The first-order chi connectivity index (χ1) is 8.81. The second kappa shape index (κ2) is 6.93. The predicted molar refractivity (Wildman–Crippen MR) is 77.3 cm³/mol. The van der Waals surface area contributed by atoms with Crippen molar-refractivity contribution in [3.05, 3.63) is 21.9 Å². The summed E-state index contributed by atoms with van der Waals surface area (Å²) in [5.74, 6) is 0.248. The lowest BCUT2D eigenvalue weighted by Gasteiger charge is -2.13. The molecule has 1 aliphatic heterocycles. The van der Waals surface area contributed by atoms with E-state index in [2.05, 4.69) is 13.0 Å². The molecule has 0 saturated carbocycles. The molecular weight excluding hydrogens is 242 g/mol. The number of carbonyl (C=O) groups excluding carboxylic acids is 1. The minimum Gasteiger partial charge on any atom is -0.338 e. The summed E-state index contributed by atoms with van der Waals surface area (Å²) in [4.78, 5) is 16.5. The van der Waals surface area contributed by atoms with Crippen molar-refractivity contribution in [3.8, 4) is 0 Å². The average Bonchev–Trinajstić information content (AvgIpc) is 3.05. The van der Waals surface area contributed by atoms with Crippen LogP contribution >= 0.6 is 11.3 Å². The largest absolute Gasteiger partial charge is 0.338 e. The summed E-state index contributed by atoms with van der Waals surface area (Å²) < 4.78 is 0. The number of hydrogen-bond donors (Lipinski definition) is 0. The van der Waals surface area contributed by atoms with Gasteiger partial charge in [-0.15, -0.1) is 11.3 Å². The third-order valence-corrected chi connectivity index (χ3v) is 4.68. The fourth-order valence-electron chi connectivity index (χ4n) is 2.43. The zero-order valence-electron chi connectivity index (χ0n) is 11.3. The van der Waals surface area contributed by atoms with Crippen molar-refractivity contribution < 1.29 is 4.79 Å². The Morgan fingerprint density at radius 2 is 2.00 bits per heavy atom. The van der Waals surface area contributed by atoms with Gasteiger partial charge in [0.25, 0.3) is 5.91 Å². The highest BCUT2D eigenvalue weighted by atomic mass is 32.1. The van der Waals surface area contributed by atoms with E-state index in [9.17, 15) is 4.79 Å². The van der Waals surface area contributed by atoms with Gasteiger partial charge in [0.1, 0.15) is 0 Å². The molecule has 2 heterocycles. The molecule has 0 bridgehead atoms. The molecule has 1 aliphatic rings. The zero-order valence-corrected chi connectivity index (χ0v) is 12.1. The Balaban J connectivity index is 1.83. The number of nitrogens with zero attached hydrogens (tertiary/aromatic N) is 1. The SMILES string of the molecule is CCCCCCc1ccc(C(=O)N2CCCC2)s1. The lowest BCUT2D eigenvalue weighted by atomic mass is 10.1. The highest BCUT2D eigenvalue weighted by Gasteiger charge is 2.20. The molecular formula is C15H23NOS. The van der Waals surface area contributed by atoms with Crippen LogP contribution < -0.4 is 0 Å². The number of thiophene rings is 1. The number of likely N-dealkylation sites (tertiary alicyclic amines) is 1. The van der Waals surface area contributed by atoms with Crippen molar-refractivity contribution in [2.75, 3.05) is 13.1 Å². The predicted octanol–water partition coefficient (Wildman–Crippen LogP) is 4.11. The van der Waals surface area contributed by atoms with Gasteiger partial charge in [0, 0.05) is 18.0 Å². The van der Waals surface area contributed by atoms with Crippen LogP contribution in [0.5, 0.6) is 0 Å². The molecule has 2 rings (SSSR count). The van der Waals surface area contributed by atoms with Crippen molar-refractivity contribution in [1.29, 1.82) is 0 Å². The molecule has 1 amide bonds. The van der Waals surface area contributed by atoms with E-state index in [0.717, 1.165) is 24.4 Å². The summed E-state index contributed by atoms with van der Waals surface area (Å²) in [5.41, 5.74) is 0. The fourth-order valence-corrected chi connectivity index (χ4v) is 3.45. The van der Waals surface area contributed by atoms with E-state index in [1.807, 2.05) is 11.0 Å². The Kier molecular flexibility index (Phi) is 5.24. The van der Waals surface area contributed by atoms with Crippen molar-refractivity contribution in [2.24, 2.45) is 0 Å². The second-order valence-corrected chi connectivity index (χ2v) is 6.24. The monoisotopic (exact) mass is 265 g/mol. The first-order valence-corrected chi connectivity index (χ1v) is 8.01. The van der Waals surface area contributed by atoms with Crippen molar-refractivity contribution >= 4 is 17.2 Å². The molecule has 0 N–H and O–H groups in total. The second-order valence-electron chi connectivity index (χ2n) is 5.08. The molecule has 1 fully saturated rings. The van der Waals surface area contributed by atoms with E-state index < -0.39 is 0 Å². The van der Waals surface area contributed by atoms with E-state index in [0.29, 0.717) is 0 Å². The smallest absolute Gasteiger partial charge is 0.263 e. The molecule has 1 aromatic rings. The lowest BCUT2D eigenvalue weighted by Crippen LogP contribution is -2.26. The Bertz CT molecular complexity index is 380. The molecule has 0 aromatic carbocycles. The van der Waals surface area contributed by atoms with Crippen LogP contribution in [0, 0.1) is 0 Å². The maximum atomic E-state index is 12.2. The van der Waals surface area contributed by atoms with Crippen molar-refractivity contribution in [2.45, 2.75) is 51.9 Å². The highest BCUT2D eigenvalue weighted by molar-refractivity contribution is 7.14. The van der Waals surface area contributed by atoms with E-state index in [1.165, 1.54) is 43.4 Å². The molecule has 0 atom stereocenters. The van der Waals surface area contributed by atoms with Crippen molar-refractivity contribution in [1.82, 2.24) is 4.90 Å². The third kappa shape index (κ3) is 3.58. The standard InChI is InChI=1S/C15H23NOS/c1-2-3-4-5-8-13-9-10-14(18-13)15(17)16-11-6-7-12-16/h9-10H,2-8,11-12H2,1H3. The molecule has 100 valence electrons. The summed E-state index contributed by atoms with van der Waals surface area (Å²) in [6.45, 7) is 4.13. The molecule has 0 aliphatic carbocycles. The molecule has 0 unspecified atom stereocenters. The minimum atomic E-state index is 0.248. The number of hydrogen-bond acceptors (Lipinski definition) is 2. The van der Waals surface area contributed by atoms with E-state index in [1.54, 1.807) is 11.3 Å². The van der Waals surface area contributed by atoms with Gasteiger partial charge in [-0.3, -0.25) is 4.79 Å². The Labute approximate surface area is 114 Å². The van der Waals surface area contributed by atoms with Gasteiger partial charge in [0.2, 0.25) is 0 Å². The van der Waals surface area contributed by atoms with Gasteiger partial charge in [0.05, 0.1) is 4.88 Å². The Morgan fingerprint density at radius 1 is 1.22 bits per heavy atom. The third-order valence-electron chi connectivity index (χ3n) is 3.54. The summed E-state index contributed by atoms with van der Waals surface area (Å²) in [7, 11) is 0. The van der Waals surface area contributed by atoms with Crippen LogP contribution in [-0.2, 0) is 6.42 Å². The van der Waals surface area contributed by atoms with Crippen LogP contribution in [0.15, 0.2) is 12.1 Å². The molecule has 0 spiro atoms. The van der Waals surface area contributed by atoms with E-state index in [-0.39, 0.29) is 5.91 Å². The van der Waals surface area contributed by atoms with Crippen LogP contribution in [0.2, 0.25) is 0 Å². The van der Waals surface area contributed by atoms with Gasteiger partial charge in [-0.1, -0.05) is 26.2 Å². The van der Waals surface area contributed by atoms with E-state index in [4.69, 9.17) is 0 Å². The van der Waals surface area contributed by atoms with Crippen LogP contribution in [0.25, 0.3) is 0 Å². The number of amides is 1. The van der Waals surface area contributed by atoms with E-state index >= 15 is 0 Å². The van der Waals surface area contributed by atoms with Crippen LogP contribution in [0.3, 0.4) is 0 Å². The van der Waals surface area contributed by atoms with Gasteiger partial charge in [0.15, 0.2) is 0 Å². The number of carbonyl (C=O) groups is 1. The van der Waals surface area contributed by atoms with Crippen LogP contribution in [0.4, 0.5) is 0 Å². The van der Waals surface area contributed by atoms with Crippen molar-refractivity contribution in [3.63, 3.8) is 0 Å². The maximum Gasteiger partial charge on any atom is 0.263 e. The zero-order chi connectivity index (χ0) is 12.8. The normalized spacial score (nSPS) is 15.3. The van der Waals surface area contributed by atoms with Gasteiger partial charge in [-0.05, 0) is 37.8 Å². The van der Waals surface area contributed by atoms with Gasteiger partial charge >= 0.3 is 0 Å². The Hall–Kier alpha value is -0.830. The lowest BCUT2D eigenvalue weighted by molar-refractivity contribution is 0.0797. The van der Waals surface area contributed by atoms with Crippen LogP contribution in [-0.4, -0.2) is 23.9 Å². The molecule has 1 saturated heterocycles. The topological polar surface area (TPSA) is 20.3 Å². The average molecular weight is 265 g/mol. The van der Waals surface area contributed by atoms with Crippen LogP contribution in [0.1, 0.15) is 60.0 Å². The van der Waals surface area contributed by atoms with Gasteiger partial charge < -0.3 is 4.90 Å². The number of rotatable bonds is 6. The molecule has 2 nitrogen and oxygen atoms in total. The first kappa shape index (κ1) is 13.6. The highest BCUT2D eigenvalue weighted by Crippen LogP contribution is 2.22. The summed E-state index contributed by atoms with van der Waals surface area (Å²) in [6, 6.07) is 4.15. The summed E-state index contributed by atoms with van der Waals surface area (Å²) in [6.07, 6.45) is 8.64. The minimum absolute atomic E-state index is 0.248.